The molecular weight excluding hydrogens is 429 g/mol. The van der Waals surface area contributed by atoms with Crippen LogP contribution in [-0.4, -0.2) is 44.2 Å². The summed E-state index contributed by atoms with van der Waals surface area (Å²) in [5.41, 5.74) is -6.12. The Labute approximate surface area is 150 Å². The molecule has 6 nitrogen and oxygen atoms in total. The summed E-state index contributed by atoms with van der Waals surface area (Å²) in [6.07, 6.45) is -12.3. The first-order valence-corrected chi connectivity index (χ1v) is 9.36. The molecule has 27 heavy (non-hydrogen) atoms. The van der Waals surface area contributed by atoms with E-state index >= 15 is 0 Å². The largest absolute Gasteiger partial charge is 0.472 e. The number of hydrogen-bond donors (Lipinski definition) is 1. The third-order valence-electron chi connectivity index (χ3n) is 3.54. The van der Waals surface area contributed by atoms with E-state index in [1.807, 2.05) is 0 Å². The molecule has 0 radical (unpaired) electrons. The third-order valence-corrected chi connectivity index (χ3v) is 5.29. The van der Waals surface area contributed by atoms with E-state index in [-0.39, 0.29) is 0 Å². The van der Waals surface area contributed by atoms with Crippen molar-refractivity contribution in [2.24, 2.45) is 0 Å². The van der Waals surface area contributed by atoms with Crippen LogP contribution in [0.25, 0.3) is 0 Å². The van der Waals surface area contributed by atoms with Gasteiger partial charge in [-0.3, -0.25) is 9.05 Å². The van der Waals surface area contributed by atoms with Crippen molar-refractivity contribution in [3.05, 3.63) is 35.4 Å². The smallest absolute Gasteiger partial charge is 0.302 e. The van der Waals surface area contributed by atoms with Crippen molar-refractivity contribution in [3.63, 3.8) is 0 Å². The Morgan fingerprint density at radius 3 is 1.85 bits per heavy atom. The molecule has 0 fully saturated rings. The molecule has 1 rings (SSSR count). The highest BCUT2D eigenvalue weighted by molar-refractivity contribution is 7.73. The van der Waals surface area contributed by atoms with Crippen LogP contribution in [0.15, 0.2) is 24.3 Å². The number of halogens is 6. The van der Waals surface area contributed by atoms with E-state index in [0.29, 0.717) is 24.8 Å². The van der Waals surface area contributed by atoms with Gasteiger partial charge >= 0.3 is 20.2 Å². The van der Waals surface area contributed by atoms with Crippen molar-refractivity contribution < 1.29 is 53.3 Å². The van der Waals surface area contributed by atoms with Gasteiger partial charge in [0.1, 0.15) is 4.86 Å². The fourth-order valence-electron chi connectivity index (χ4n) is 2.24. The Morgan fingerprint density at radius 1 is 1.07 bits per heavy atom. The molecule has 0 aliphatic carbocycles. The van der Waals surface area contributed by atoms with Gasteiger partial charge in [-0.05, 0) is 12.5 Å². The van der Waals surface area contributed by atoms with Gasteiger partial charge in [0.2, 0.25) is 15.7 Å². The summed E-state index contributed by atoms with van der Waals surface area (Å²) in [5.74, 6) is 0. The van der Waals surface area contributed by atoms with Crippen molar-refractivity contribution >= 4 is 23.0 Å². The van der Waals surface area contributed by atoms with Gasteiger partial charge in [-0.15, -0.1) is 0 Å². The first-order chi connectivity index (χ1) is 12.1. The van der Waals surface area contributed by atoms with Crippen LogP contribution in [0.2, 0.25) is 0 Å². The molecule has 1 N–H and O–H groups in total. The quantitative estimate of drug-likeness (QED) is 0.414. The maximum absolute atomic E-state index is 13.7. The Morgan fingerprint density at radius 2 is 1.52 bits per heavy atom. The normalized spacial score (nSPS) is 15.3. The van der Waals surface area contributed by atoms with Crippen LogP contribution in [0.3, 0.4) is 0 Å². The van der Waals surface area contributed by atoms with Crippen LogP contribution < -0.4 is 0 Å². The number of rotatable bonds is 6. The lowest BCUT2D eigenvalue weighted by molar-refractivity contribution is -0.278. The summed E-state index contributed by atoms with van der Waals surface area (Å²) < 4.78 is 124. The van der Waals surface area contributed by atoms with Gasteiger partial charge in [0.15, 0.2) is 0 Å². The second-order valence-corrected chi connectivity index (χ2v) is 7.72. The second kappa shape index (κ2) is 7.92. The molecule has 14 heteroatoms. The number of aryl methyl sites for hydroxylation is 1. The molecule has 1 aromatic carbocycles. The number of hydrogen-bond acceptors (Lipinski definition) is 5. The zero-order chi connectivity index (χ0) is 21.3. The molecule has 0 heterocycles. The monoisotopic (exact) mass is 442 g/mol. The summed E-state index contributed by atoms with van der Waals surface area (Å²) in [5, 5.41) is 0. The summed E-state index contributed by atoms with van der Waals surface area (Å²) in [6.45, 7) is -0.586. The predicted molar refractivity (Wildman–Crippen MR) is 81.7 cm³/mol. The lowest BCUT2D eigenvalue weighted by Crippen LogP contribution is -2.60. The number of phosphoric acid groups is 1. The number of phosphoric ester groups is 1. The molecule has 0 bridgehead atoms. The molecule has 154 valence electrons. The Kier molecular flexibility index (Phi) is 6.93. The van der Waals surface area contributed by atoms with Gasteiger partial charge in [-0.1, -0.05) is 29.8 Å². The van der Waals surface area contributed by atoms with Gasteiger partial charge in [-0.2, -0.15) is 34.8 Å². The lowest BCUT2D eigenvalue weighted by Gasteiger charge is -2.37. The van der Waals surface area contributed by atoms with E-state index in [1.165, 1.54) is 6.92 Å². The molecule has 1 aromatic rings. The average Bonchev–Trinajstić information content (AvgIpc) is 2.49. The van der Waals surface area contributed by atoms with Crippen LogP contribution in [0.1, 0.15) is 11.1 Å². The average molecular weight is 442 g/mol. The highest BCUT2D eigenvalue weighted by Crippen LogP contribution is 2.54. The minimum absolute atomic E-state index is 0.317. The van der Waals surface area contributed by atoms with Crippen molar-refractivity contribution in [2.75, 3.05) is 13.7 Å². The Bertz CT molecular complexity index is 837. The fourth-order valence-corrected chi connectivity index (χ4v) is 3.48. The topological polar surface area (TPSA) is 89.9 Å². The van der Waals surface area contributed by atoms with Crippen LogP contribution in [0.5, 0.6) is 0 Å². The zero-order valence-electron chi connectivity index (χ0n) is 13.6. The summed E-state index contributed by atoms with van der Waals surface area (Å²) in [7, 11) is -8.57. The molecule has 1 unspecified atom stereocenters. The standard InChI is InChI=1S/C13H13F6O6PS/c1-8-3-5-9(6-4-8)11(12(14,15)16,13(17,18)19)10(27(22)23)7-25-26(20,21)24-2/h3-6H,7H2,1-2H3,(H,20,21). The highest BCUT2D eigenvalue weighted by Gasteiger charge is 2.74. The lowest BCUT2D eigenvalue weighted by atomic mass is 9.75. The maximum Gasteiger partial charge on any atom is 0.472 e. The molecule has 0 aliphatic heterocycles. The van der Waals surface area contributed by atoms with Crippen LogP contribution in [-0.2, 0) is 29.3 Å². The van der Waals surface area contributed by atoms with Gasteiger partial charge in [0.25, 0.3) is 0 Å². The van der Waals surface area contributed by atoms with E-state index < -0.39 is 52.9 Å². The van der Waals surface area contributed by atoms with Gasteiger partial charge in [0, 0.05) is 7.11 Å². The SMILES string of the molecule is COP(=O)(O)OCC(=S(=O)=O)C(c1ccc(C)cc1)(C(F)(F)F)C(F)(F)F. The van der Waals surface area contributed by atoms with E-state index in [0.717, 1.165) is 12.1 Å². The Hall–Kier alpha value is -1.40. The van der Waals surface area contributed by atoms with Crippen molar-refractivity contribution in [2.45, 2.75) is 24.7 Å². The van der Waals surface area contributed by atoms with Crippen molar-refractivity contribution in [1.29, 1.82) is 0 Å². The third kappa shape index (κ3) is 4.72. The summed E-state index contributed by atoms with van der Waals surface area (Å²) in [6, 6.07) is 2.80. The molecule has 0 saturated heterocycles. The van der Waals surface area contributed by atoms with Gasteiger partial charge < -0.3 is 4.89 Å². The second-order valence-electron chi connectivity index (χ2n) is 5.19. The fraction of sp³-hybridized carbons (Fsp3) is 0.462. The number of benzene rings is 1. The first kappa shape index (κ1) is 23.6. The van der Waals surface area contributed by atoms with Crippen molar-refractivity contribution in [1.82, 2.24) is 0 Å². The molecule has 0 aliphatic rings. The maximum atomic E-state index is 13.7. The Balaban J connectivity index is 3.87. The predicted octanol–water partition coefficient (Wildman–Crippen LogP) is 3.17. The minimum Gasteiger partial charge on any atom is -0.302 e. The molecule has 1 atom stereocenters. The minimum atomic E-state index is -6.17. The van der Waals surface area contributed by atoms with E-state index in [1.54, 1.807) is 0 Å². The molecule has 0 amide bonds. The summed E-state index contributed by atoms with van der Waals surface area (Å²) in [4.78, 5) is 6.83. The van der Waals surface area contributed by atoms with E-state index in [4.69, 9.17) is 4.89 Å². The van der Waals surface area contributed by atoms with Crippen LogP contribution in [0.4, 0.5) is 26.3 Å². The molecular formula is C13H13F6O6PS. The van der Waals surface area contributed by atoms with E-state index in [9.17, 15) is 39.3 Å². The molecule has 0 aromatic heterocycles. The number of alkyl halides is 6. The van der Waals surface area contributed by atoms with Crippen LogP contribution in [0, 0.1) is 6.92 Å². The highest BCUT2D eigenvalue weighted by atomic mass is 32.2. The molecule has 0 spiro atoms. The summed E-state index contributed by atoms with van der Waals surface area (Å²) >= 11 is 0. The first-order valence-electron chi connectivity index (χ1n) is 6.79. The zero-order valence-corrected chi connectivity index (χ0v) is 15.3. The van der Waals surface area contributed by atoms with Gasteiger partial charge in [0.05, 0.1) is 6.61 Å². The van der Waals surface area contributed by atoms with Gasteiger partial charge in [-0.25, -0.2) is 4.57 Å². The van der Waals surface area contributed by atoms with E-state index in [2.05, 4.69) is 9.05 Å². The molecule has 0 saturated carbocycles. The van der Waals surface area contributed by atoms with Crippen molar-refractivity contribution in [3.8, 4) is 0 Å². The van der Waals surface area contributed by atoms with Crippen LogP contribution >= 0.6 is 7.82 Å².